The van der Waals surface area contributed by atoms with Crippen LogP contribution in [0.15, 0.2) is 41.8 Å². The molecule has 26 heavy (non-hydrogen) atoms. The van der Waals surface area contributed by atoms with E-state index in [-0.39, 0.29) is 17.6 Å². The summed E-state index contributed by atoms with van der Waals surface area (Å²) in [6, 6.07) is 12.5. The normalized spacial score (nSPS) is 22.0. The Morgan fingerprint density at radius 2 is 2.00 bits per heavy atom. The predicted octanol–water partition coefficient (Wildman–Crippen LogP) is 4.24. The summed E-state index contributed by atoms with van der Waals surface area (Å²) in [6.07, 6.45) is 2.85. The van der Waals surface area contributed by atoms with Gasteiger partial charge in [-0.3, -0.25) is 4.79 Å². The zero-order chi connectivity index (χ0) is 18.1. The standard InChI is InChI=1S/C21H26N2O2S/c1-15(2)23-11-9-21(10-12-23)14-17(16-6-3-4-7-18(16)25-21)22-20(24)19-8-5-13-26-19/h3-8,13,15,17H,9-12,14H2,1-2H3,(H,22,24)/t17-/m0/s1. The lowest BCUT2D eigenvalue weighted by Gasteiger charge is -2.47. The van der Waals surface area contributed by atoms with Gasteiger partial charge in [0.15, 0.2) is 0 Å². The molecule has 0 saturated carbocycles. The molecule has 1 saturated heterocycles. The average molecular weight is 371 g/mol. The van der Waals surface area contributed by atoms with Crippen molar-refractivity contribution in [3.05, 3.63) is 52.2 Å². The molecule has 0 radical (unpaired) electrons. The second-order valence-corrected chi connectivity index (χ2v) is 8.61. The monoisotopic (exact) mass is 370 g/mol. The van der Waals surface area contributed by atoms with E-state index in [1.54, 1.807) is 0 Å². The lowest BCUT2D eigenvalue weighted by Crippen LogP contribution is -2.53. The molecule has 0 bridgehead atoms. The number of thiophene rings is 1. The van der Waals surface area contributed by atoms with Crippen molar-refractivity contribution in [2.75, 3.05) is 13.1 Å². The van der Waals surface area contributed by atoms with Gasteiger partial charge >= 0.3 is 0 Å². The van der Waals surface area contributed by atoms with Crippen LogP contribution in [-0.4, -0.2) is 35.5 Å². The molecule has 1 fully saturated rings. The highest BCUT2D eigenvalue weighted by molar-refractivity contribution is 7.12. The van der Waals surface area contributed by atoms with E-state index in [1.165, 1.54) is 11.3 Å². The Balaban J connectivity index is 1.57. The van der Waals surface area contributed by atoms with Gasteiger partial charge in [0, 0.05) is 31.1 Å². The fourth-order valence-electron chi connectivity index (χ4n) is 4.14. The molecule has 3 heterocycles. The maximum absolute atomic E-state index is 12.6. The van der Waals surface area contributed by atoms with E-state index in [0.717, 1.165) is 48.5 Å². The Morgan fingerprint density at radius 1 is 1.23 bits per heavy atom. The Labute approximate surface area is 159 Å². The van der Waals surface area contributed by atoms with Crippen LogP contribution < -0.4 is 10.1 Å². The zero-order valence-corrected chi connectivity index (χ0v) is 16.2. The summed E-state index contributed by atoms with van der Waals surface area (Å²) in [5, 5.41) is 5.20. The SMILES string of the molecule is CC(C)N1CCC2(CC1)C[C@H](NC(=O)c1cccs1)c1ccccc1O2. The van der Waals surface area contributed by atoms with Crippen LogP contribution in [0.4, 0.5) is 0 Å². The first-order valence-electron chi connectivity index (χ1n) is 9.43. The number of likely N-dealkylation sites (tertiary alicyclic amines) is 1. The number of hydrogen-bond donors (Lipinski definition) is 1. The van der Waals surface area contributed by atoms with E-state index in [2.05, 4.69) is 30.1 Å². The third-order valence-electron chi connectivity index (χ3n) is 5.69. The number of piperidine rings is 1. The summed E-state index contributed by atoms with van der Waals surface area (Å²) in [4.78, 5) is 15.9. The van der Waals surface area contributed by atoms with Crippen LogP contribution in [0.5, 0.6) is 5.75 Å². The molecule has 4 nitrogen and oxygen atoms in total. The third-order valence-corrected chi connectivity index (χ3v) is 6.56. The minimum atomic E-state index is -0.173. The first kappa shape index (κ1) is 17.6. The summed E-state index contributed by atoms with van der Waals surface area (Å²) in [7, 11) is 0. The van der Waals surface area contributed by atoms with Gasteiger partial charge in [0.1, 0.15) is 11.4 Å². The van der Waals surface area contributed by atoms with Crippen LogP contribution in [0.1, 0.15) is 54.4 Å². The maximum Gasteiger partial charge on any atom is 0.261 e. The highest BCUT2D eigenvalue weighted by Gasteiger charge is 2.43. The first-order valence-corrected chi connectivity index (χ1v) is 10.3. The Bertz CT molecular complexity index is 764. The van der Waals surface area contributed by atoms with Gasteiger partial charge in [-0.1, -0.05) is 24.3 Å². The van der Waals surface area contributed by atoms with E-state index in [0.29, 0.717) is 6.04 Å². The minimum absolute atomic E-state index is 0.000139. The number of nitrogens with zero attached hydrogens (tertiary/aromatic N) is 1. The van der Waals surface area contributed by atoms with Crippen LogP contribution in [-0.2, 0) is 0 Å². The number of fused-ring (bicyclic) bond motifs is 1. The molecule has 0 aliphatic carbocycles. The fourth-order valence-corrected chi connectivity index (χ4v) is 4.77. The molecular formula is C21H26N2O2S. The van der Waals surface area contributed by atoms with Gasteiger partial charge in [-0.25, -0.2) is 0 Å². The van der Waals surface area contributed by atoms with E-state index in [4.69, 9.17) is 4.74 Å². The number of rotatable bonds is 3. The molecule has 5 heteroatoms. The number of nitrogens with one attached hydrogen (secondary N) is 1. The summed E-state index contributed by atoms with van der Waals surface area (Å²) >= 11 is 1.48. The number of ether oxygens (including phenoxy) is 1. The van der Waals surface area contributed by atoms with E-state index < -0.39 is 0 Å². The fraction of sp³-hybridized carbons (Fsp3) is 0.476. The number of para-hydroxylation sites is 1. The van der Waals surface area contributed by atoms with Gasteiger partial charge in [0.25, 0.3) is 5.91 Å². The molecule has 2 aromatic rings. The van der Waals surface area contributed by atoms with E-state index in [1.807, 2.05) is 35.7 Å². The maximum atomic E-state index is 12.6. The second kappa shape index (κ2) is 7.05. The molecule has 1 atom stereocenters. The van der Waals surface area contributed by atoms with Crippen LogP contribution in [0, 0.1) is 0 Å². The van der Waals surface area contributed by atoms with E-state index in [9.17, 15) is 4.79 Å². The quantitative estimate of drug-likeness (QED) is 0.878. The van der Waals surface area contributed by atoms with Crippen LogP contribution in [0.3, 0.4) is 0 Å². The molecule has 2 aliphatic heterocycles. The largest absolute Gasteiger partial charge is 0.487 e. The van der Waals surface area contributed by atoms with Gasteiger partial charge in [0.2, 0.25) is 0 Å². The number of hydrogen-bond acceptors (Lipinski definition) is 4. The molecule has 1 aromatic heterocycles. The van der Waals surface area contributed by atoms with Crippen molar-refractivity contribution in [1.82, 2.24) is 10.2 Å². The Kier molecular flexibility index (Phi) is 4.76. The average Bonchev–Trinajstić information content (AvgIpc) is 3.17. The van der Waals surface area contributed by atoms with Crippen molar-refractivity contribution < 1.29 is 9.53 Å². The van der Waals surface area contributed by atoms with Crippen molar-refractivity contribution in [3.8, 4) is 5.75 Å². The molecule has 138 valence electrons. The molecule has 0 unspecified atom stereocenters. The van der Waals surface area contributed by atoms with Gasteiger partial charge in [0.05, 0.1) is 10.9 Å². The summed E-state index contributed by atoms with van der Waals surface area (Å²) in [5.74, 6) is 0.935. The van der Waals surface area contributed by atoms with Gasteiger partial charge in [-0.05, 0) is 44.2 Å². The molecule has 1 spiro atoms. The summed E-state index contributed by atoms with van der Waals surface area (Å²) < 4.78 is 6.52. The molecule has 2 aliphatic rings. The minimum Gasteiger partial charge on any atom is -0.487 e. The number of carbonyl (C=O) groups is 1. The molecule has 1 aromatic carbocycles. The van der Waals surface area contributed by atoms with Crippen molar-refractivity contribution >= 4 is 17.2 Å². The molecule has 4 rings (SSSR count). The Morgan fingerprint density at radius 3 is 2.69 bits per heavy atom. The lowest BCUT2D eigenvalue weighted by molar-refractivity contribution is -0.0305. The van der Waals surface area contributed by atoms with Gasteiger partial charge in [-0.15, -0.1) is 11.3 Å². The number of carbonyl (C=O) groups excluding carboxylic acids is 1. The summed E-state index contributed by atoms with van der Waals surface area (Å²) in [6.45, 7) is 6.59. The molecular weight excluding hydrogens is 344 g/mol. The van der Waals surface area contributed by atoms with Crippen LogP contribution >= 0.6 is 11.3 Å². The lowest BCUT2D eigenvalue weighted by atomic mass is 9.80. The van der Waals surface area contributed by atoms with Crippen molar-refractivity contribution in [1.29, 1.82) is 0 Å². The highest BCUT2D eigenvalue weighted by Crippen LogP contribution is 2.44. The van der Waals surface area contributed by atoms with Crippen molar-refractivity contribution in [3.63, 3.8) is 0 Å². The zero-order valence-electron chi connectivity index (χ0n) is 15.4. The molecule has 1 amide bonds. The number of benzene rings is 1. The highest BCUT2D eigenvalue weighted by atomic mass is 32.1. The number of amides is 1. The molecule has 1 N–H and O–H groups in total. The summed E-state index contributed by atoms with van der Waals surface area (Å²) in [5.41, 5.74) is 0.918. The van der Waals surface area contributed by atoms with Crippen LogP contribution in [0.2, 0.25) is 0 Å². The topological polar surface area (TPSA) is 41.6 Å². The van der Waals surface area contributed by atoms with Crippen LogP contribution in [0.25, 0.3) is 0 Å². The van der Waals surface area contributed by atoms with Crippen molar-refractivity contribution in [2.24, 2.45) is 0 Å². The second-order valence-electron chi connectivity index (χ2n) is 7.66. The smallest absolute Gasteiger partial charge is 0.261 e. The van der Waals surface area contributed by atoms with Gasteiger partial charge in [-0.2, -0.15) is 0 Å². The van der Waals surface area contributed by atoms with E-state index >= 15 is 0 Å². The first-order chi connectivity index (χ1) is 12.6. The van der Waals surface area contributed by atoms with Gasteiger partial charge < -0.3 is 15.0 Å². The van der Waals surface area contributed by atoms with Crippen molar-refractivity contribution in [2.45, 2.75) is 50.8 Å². The Hall–Kier alpha value is -1.85. The third kappa shape index (κ3) is 3.38. The predicted molar refractivity (Wildman–Crippen MR) is 105 cm³/mol.